The number of rotatable bonds is 5. The van der Waals surface area contributed by atoms with Gasteiger partial charge in [0.15, 0.2) is 0 Å². The average Bonchev–Trinajstić information content (AvgIpc) is 3.29. The first-order chi connectivity index (χ1) is 14.6. The minimum Gasteiger partial charge on any atom is -0.322 e. The molecule has 3 aromatic rings. The van der Waals surface area contributed by atoms with Gasteiger partial charge in [-0.1, -0.05) is 36.4 Å². The lowest BCUT2D eigenvalue weighted by molar-refractivity contribution is 0.102. The molecule has 1 aliphatic heterocycles. The van der Waals surface area contributed by atoms with Gasteiger partial charge in [0.05, 0.1) is 15.8 Å². The van der Waals surface area contributed by atoms with Gasteiger partial charge in [0, 0.05) is 22.8 Å². The smallest absolute Gasteiger partial charge is 0.257 e. The lowest BCUT2D eigenvalue weighted by Crippen LogP contribution is -2.18. The molecule has 0 aromatic heterocycles. The van der Waals surface area contributed by atoms with Crippen molar-refractivity contribution in [1.29, 1.82) is 0 Å². The van der Waals surface area contributed by atoms with E-state index in [2.05, 4.69) is 10.6 Å². The minimum atomic E-state index is -0.262. The van der Waals surface area contributed by atoms with Crippen molar-refractivity contribution in [3.8, 4) is 0 Å². The van der Waals surface area contributed by atoms with Crippen LogP contribution in [-0.4, -0.2) is 23.3 Å². The molecule has 0 unspecified atom stereocenters. The standard InChI is InChI=1S/C24H22N2O2S2/c1-16-5-4-6-19(15-16)25-23(28)20-7-2-3-8-21(20)26-22(27)17-9-11-18(12-10-17)24-29-13-14-30-24/h2-12,15,24H,13-14H2,1H3,(H,25,28)(H,26,27). The second-order valence-corrected chi connectivity index (χ2v) is 9.74. The molecule has 6 heteroatoms. The lowest BCUT2D eigenvalue weighted by atomic mass is 10.1. The Morgan fingerprint density at radius 1 is 0.833 bits per heavy atom. The monoisotopic (exact) mass is 434 g/mol. The van der Waals surface area contributed by atoms with Crippen LogP contribution in [0.1, 0.15) is 36.4 Å². The second-order valence-electron chi connectivity index (χ2n) is 7.02. The molecule has 0 spiro atoms. The van der Waals surface area contributed by atoms with Gasteiger partial charge >= 0.3 is 0 Å². The van der Waals surface area contributed by atoms with Gasteiger partial charge in [-0.2, -0.15) is 0 Å². The van der Waals surface area contributed by atoms with E-state index in [1.54, 1.807) is 24.3 Å². The third-order valence-corrected chi connectivity index (χ3v) is 7.87. The maximum atomic E-state index is 12.8. The predicted octanol–water partition coefficient (Wildman–Crippen LogP) is 5.98. The number of hydrogen-bond donors (Lipinski definition) is 2. The number of para-hydroxylation sites is 1. The number of benzene rings is 3. The van der Waals surface area contributed by atoms with Crippen LogP contribution < -0.4 is 10.6 Å². The number of anilines is 2. The van der Waals surface area contributed by atoms with E-state index in [1.807, 2.05) is 79.0 Å². The fourth-order valence-corrected chi connectivity index (χ4v) is 6.11. The lowest BCUT2D eigenvalue weighted by Gasteiger charge is -2.13. The fraction of sp³-hybridized carbons (Fsp3) is 0.167. The molecule has 4 rings (SSSR count). The number of amides is 2. The van der Waals surface area contributed by atoms with Gasteiger partial charge in [-0.25, -0.2) is 0 Å². The molecule has 1 fully saturated rings. The summed E-state index contributed by atoms with van der Waals surface area (Å²) in [6.45, 7) is 1.97. The number of thioether (sulfide) groups is 2. The second kappa shape index (κ2) is 9.41. The molecule has 3 aromatic carbocycles. The van der Waals surface area contributed by atoms with Crippen molar-refractivity contribution < 1.29 is 9.59 Å². The van der Waals surface area contributed by atoms with Gasteiger partial charge in [0.1, 0.15) is 0 Å². The Balaban J connectivity index is 1.48. The minimum absolute atomic E-state index is 0.232. The van der Waals surface area contributed by atoms with Crippen molar-refractivity contribution in [3.63, 3.8) is 0 Å². The summed E-state index contributed by atoms with van der Waals surface area (Å²) in [7, 11) is 0. The van der Waals surface area contributed by atoms with Gasteiger partial charge in [-0.05, 0) is 54.4 Å². The van der Waals surface area contributed by atoms with Crippen LogP contribution in [-0.2, 0) is 0 Å². The third-order valence-electron chi connectivity index (χ3n) is 4.76. The molecule has 0 radical (unpaired) electrons. The van der Waals surface area contributed by atoms with Crippen LogP contribution in [0.25, 0.3) is 0 Å². The first-order valence-corrected chi connectivity index (χ1v) is 11.8. The van der Waals surface area contributed by atoms with E-state index in [0.717, 1.165) is 11.3 Å². The van der Waals surface area contributed by atoms with Gasteiger partial charge < -0.3 is 10.6 Å². The first-order valence-electron chi connectivity index (χ1n) is 9.72. The summed E-state index contributed by atoms with van der Waals surface area (Å²) < 4.78 is 0.452. The zero-order chi connectivity index (χ0) is 20.9. The largest absolute Gasteiger partial charge is 0.322 e. The Morgan fingerprint density at radius 2 is 1.57 bits per heavy atom. The van der Waals surface area contributed by atoms with Gasteiger partial charge in [0.2, 0.25) is 0 Å². The zero-order valence-corrected chi connectivity index (χ0v) is 18.2. The Kier molecular flexibility index (Phi) is 6.45. The summed E-state index contributed by atoms with van der Waals surface area (Å²) in [4.78, 5) is 25.6. The summed E-state index contributed by atoms with van der Waals surface area (Å²) >= 11 is 3.87. The maximum Gasteiger partial charge on any atom is 0.257 e. The Hall–Kier alpha value is -2.70. The van der Waals surface area contributed by atoms with Crippen molar-refractivity contribution in [2.24, 2.45) is 0 Å². The van der Waals surface area contributed by atoms with Crippen LogP contribution in [0.4, 0.5) is 11.4 Å². The Labute approximate surface area is 184 Å². The summed E-state index contributed by atoms with van der Waals surface area (Å²) in [5.41, 5.74) is 4.49. The van der Waals surface area contributed by atoms with Crippen LogP contribution in [0.2, 0.25) is 0 Å². The number of nitrogens with one attached hydrogen (secondary N) is 2. The Bertz CT molecular complexity index is 1060. The molecular weight excluding hydrogens is 412 g/mol. The highest BCUT2D eigenvalue weighted by Gasteiger charge is 2.19. The Morgan fingerprint density at radius 3 is 2.30 bits per heavy atom. The molecule has 0 saturated carbocycles. The zero-order valence-electron chi connectivity index (χ0n) is 16.6. The third kappa shape index (κ3) is 4.89. The quantitative estimate of drug-likeness (QED) is 0.519. The number of hydrogen-bond acceptors (Lipinski definition) is 4. The van der Waals surface area contributed by atoms with Crippen molar-refractivity contribution in [2.75, 3.05) is 22.1 Å². The topological polar surface area (TPSA) is 58.2 Å². The van der Waals surface area contributed by atoms with E-state index in [4.69, 9.17) is 0 Å². The molecule has 0 atom stereocenters. The highest BCUT2D eigenvalue weighted by Crippen LogP contribution is 2.45. The van der Waals surface area contributed by atoms with E-state index >= 15 is 0 Å². The van der Waals surface area contributed by atoms with Crippen molar-refractivity contribution in [2.45, 2.75) is 11.5 Å². The highest BCUT2D eigenvalue weighted by molar-refractivity contribution is 8.19. The molecule has 152 valence electrons. The number of carbonyl (C=O) groups excluding carboxylic acids is 2. The predicted molar refractivity (Wildman–Crippen MR) is 128 cm³/mol. The molecule has 30 heavy (non-hydrogen) atoms. The molecule has 4 nitrogen and oxygen atoms in total. The molecule has 1 saturated heterocycles. The van der Waals surface area contributed by atoms with Crippen LogP contribution in [0.15, 0.2) is 72.8 Å². The van der Waals surface area contributed by atoms with Crippen LogP contribution in [0.3, 0.4) is 0 Å². The van der Waals surface area contributed by atoms with Crippen molar-refractivity contribution >= 4 is 46.7 Å². The van der Waals surface area contributed by atoms with E-state index in [9.17, 15) is 9.59 Å². The van der Waals surface area contributed by atoms with Crippen LogP contribution in [0, 0.1) is 6.92 Å². The summed E-state index contributed by atoms with van der Waals surface area (Å²) in [5.74, 6) is 1.84. The summed E-state index contributed by atoms with van der Waals surface area (Å²) in [6.07, 6.45) is 0. The molecule has 2 N–H and O–H groups in total. The first kappa shape index (κ1) is 20.6. The van der Waals surface area contributed by atoms with Crippen molar-refractivity contribution in [3.05, 3.63) is 95.1 Å². The normalized spacial score (nSPS) is 13.8. The van der Waals surface area contributed by atoms with Crippen LogP contribution in [0.5, 0.6) is 0 Å². The number of carbonyl (C=O) groups is 2. The SMILES string of the molecule is Cc1cccc(NC(=O)c2ccccc2NC(=O)c2ccc(C3SCCS3)cc2)c1. The fourth-order valence-electron chi connectivity index (χ4n) is 3.25. The summed E-state index contributed by atoms with van der Waals surface area (Å²) in [6, 6.07) is 22.4. The van der Waals surface area contributed by atoms with Crippen LogP contribution >= 0.6 is 23.5 Å². The highest BCUT2D eigenvalue weighted by atomic mass is 32.2. The van der Waals surface area contributed by atoms with Crippen molar-refractivity contribution in [1.82, 2.24) is 0 Å². The van der Waals surface area contributed by atoms with E-state index in [-0.39, 0.29) is 11.8 Å². The molecule has 0 bridgehead atoms. The molecule has 1 heterocycles. The average molecular weight is 435 g/mol. The molecular formula is C24H22N2O2S2. The molecule has 1 aliphatic rings. The molecule has 2 amide bonds. The van der Waals surface area contributed by atoms with E-state index < -0.39 is 0 Å². The molecule has 0 aliphatic carbocycles. The van der Waals surface area contributed by atoms with E-state index in [1.165, 1.54) is 17.1 Å². The van der Waals surface area contributed by atoms with Gasteiger partial charge in [-0.3, -0.25) is 9.59 Å². The summed E-state index contributed by atoms with van der Waals surface area (Å²) in [5, 5.41) is 5.78. The van der Waals surface area contributed by atoms with Gasteiger partial charge in [-0.15, -0.1) is 23.5 Å². The van der Waals surface area contributed by atoms with E-state index in [0.29, 0.717) is 21.4 Å². The maximum absolute atomic E-state index is 12.8. The number of aryl methyl sites for hydroxylation is 1. The van der Waals surface area contributed by atoms with Gasteiger partial charge in [0.25, 0.3) is 11.8 Å².